The van der Waals surface area contributed by atoms with Gasteiger partial charge in [-0.1, -0.05) is 45.4 Å². The van der Waals surface area contributed by atoms with Gasteiger partial charge < -0.3 is 4.84 Å². The summed E-state index contributed by atoms with van der Waals surface area (Å²) in [5, 5.41) is 3.62. The third-order valence-corrected chi connectivity index (χ3v) is 3.04. The van der Waals surface area contributed by atoms with Crippen LogP contribution in [0.1, 0.15) is 16.7 Å². The Balaban J connectivity index is 1.95. The third-order valence-electron chi connectivity index (χ3n) is 2.55. The molecule has 0 unspecified atom stereocenters. The van der Waals surface area contributed by atoms with Crippen LogP contribution in [0.15, 0.2) is 58.2 Å². The maximum Gasteiger partial charge on any atom is 0.416 e. The van der Waals surface area contributed by atoms with Crippen molar-refractivity contribution in [3.05, 3.63) is 69.7 Å². The molecule has 0 bridgehead atoms. The Morgan fingerprint density at radius 1 is 1.10 bits per heavy atom. The summed E-state index contributed by atoms with van der Waals surface area (Å²) in [5.41, 5.74) is 0.390. The summed E-state index contributed by atoms with van der Waals surface area (Å²) in [4.78, 5) is 4.96. The molecule has 0 aromatic heterocycles. The summed E-state index contributed by atoms with van der Waals surface area (Å²) >= 11 is 3.31. The van der Waals surface area contributed by atoms with Gasteiger partial charge in [0.1, 0.15) is 12.8 Å². The van der Waals surface area contributed by atoms with Gasteiger partial charge in [0.2, 0.25) is 0 Å². The van der Waals surface area contributed by atoms with Crippen LogP contribution in [0.4, 0.5) is 13.2 Å². The maximum absolute atomic E-state index is 12.5. The number of benzene rings is 2. The van der Waals surface area contributed by atoms with Crippen molar-refractivity contribution in [1.29, 1.82) is 0 Å². The van der Waals surface area contributed by atoms with Gasteiger partial charge in [-0.15, -0.1) is 0 Å². The Labute approximate surface area is 128 Å². The second-order valence-electron chi connectivity index (χ2n) is 4.19. The van der Waals surface area contributed by atoms with Crippen molar-refractivity contribution in [3.8, 4) is 0 Å². The van der Waals surface area contributed by atoms with E-state index in [1.165, 1.54) is 6.07 Å². The maximum atomic E-state index is 12.5. The first-order valence-corrected chi connectivity index (χ1v) is 6.74. The van der Waals surface area contributed by atoms with Gasteiger partial charge >= 0.3 is 6.18 Å². The molecule has 2 aromatic rings. The summed E-state index contributed by atoms with van der Waals surface area (Å²) in [6.07, 6.45) is -1.71. The lowest BCUT2D eigenvalue weighted by atomic mass is 10.1. The van der Waals surface area contributed by atoms with E-state index in [2.05, 4.69) is 27.3 Å². The van der Waals surface area contributed by atoms with Gasteiger partial charge in [-0.25, -0.2) is 0 Å². The molecule has 0 N–H and O–H groups in total. The minimum atomic E-state index is -4.36. The van der Waals surface area contributed by atoms with Crippen LogP contribution >= 0.6 is 15.9 Å². The quantitative estimate of drug-likeness (QED) is 0.564. The van der Waals surface area contributed by atoms with E-state index in [1.807, 2.05) is 12.1 Å². The molecule has 0 aliphatic heterocycles. The van der Waals surface area contributed by atoms with Crippen molar-refractivity contribution in [3.63, 3.8) is 0 Å². The average Bonchev–Trinajstić information content (AvgIpc) is 2.43. The van der Waals surface area contributed by atoms with E-state index < -0.39 is 11.7 Å². The predicted molar refractivity (Wildman–Crippen MR) is 76.9 cm³/mol. The smallest absolute Gasteiger partial charge is 0.390 e. The molecule has 0 amide bonds. The van der Waals surface area contributed by atoms with Crippen LogP contribution in [0.2, 0.25) is 0 Å². The molecular formula is C15H10BrF3NO. The fraction of sp³-hybridized carbons (Fsp3) is 0.133. The van der Waals surface area contributed by atoms with Crippen molar-refractivity contribution in [2.24, 2.45) is 5.16 Å². The molecule has 2 rings (SSSR count). The summed E-state index contributed by atoms with van der Waals surface area (Å²) in [6.45, 7) is -0.0507. The average molecular weight is 357 g/mol. The normalized spacial score (nSPS) is 11.8. The van der Waals surface area contributed by atoms with E-state index in [9.17, 15) is 13.2 Å². The molecule has 0 heterocycles. The zero-order chi connectivity index (χ0) is 15.3. The zero-order valence-electron chi connectivity index (χ0n) is 10.7. The van der Waals surface area contributed by atoms with Crippen LogP contribution < -0.4 is 0 Å². The number of halogens is 4. The highest BCUT2D eigenvalue weighted by Crippen LogP contribution is 2.29. The number of hydrogen-bond acceptors (Lipinski definition) is 2. The van der Waals surface area contributed by atoms with Crippen LogP contribution in [0.5, 0.6) is 0 Å². The lowest BCUT2D eigenvalue weighted by molar-refractivity contribution is -0.137. The molecule has 0 aliphatic carbocycles. The molecule has 0 fully saturated rings. The van der Waals surface area contributed by atoms with Crippen molar-refractivity contribution in [2.45, 2.75) is 12.8 Å². The summed E-state index contributed by atoms with van der Waals surface area (Å²) in [6, 6.07) is 12.2. The Hall–Kier alpha value is -1.82. The van der Waals surface area contributed by atoms with Crippen molar-refractivity contribution < 1.29 is 18.0 Å². The van der Waals surface area contributed by atoms with Gasteiger partial charge in [0.25, 0.3) is 0 Å². The first-order valence-electron chi connectivity index (χ1n) is 5.95. The summed E-state index contributed by atoms with van der Waals surface area (Å²) in [5.74, 6) is 0. The molecule has 0 spiro atoms. The highest BCUT2D eigenvalue weighted by molar-refractivity contribution is 9.10. The van der Waals surface area contributed by atoms with Gasteiger partial charge in [-0.2, -0.15) is 13.2 Å². The van der Waals surface area contributed by atoms with Gasteiger partial charge in [-0.05, 0) is 29.8 Å². The number of rotatable bonds is 4. The molecule has 109 valence electrons. The number of nitrogens with zero attached hydrogens (tertiary/aromatic N) is 1. The van der Waals surface area contributed by atoms with E-state index >= 15 is 0 Å². The molecular weight excluding hydrogens is 347 g/mol. The highest BCUT2D eigenvalue weighted by Gasteiger charge is 2.30. The highest BCUT2D eigenvalue weighted by atomic mass is 79.9. The topological polar surface area (TPSA) is 21.6 Å². The Morgan fingerprint density at radius 2 is 1.86 bits per heavy atom. The lowest BCUT2D eigenvalue weighted by Crippen LogP contribution is -2.05. The molecule has 2 aromatic carbocycles. The first kappa shape index (κ1) is 15.6. The summed E-state index contributed by atoms with van der Waals surface area (Å²) < 4.78 is 38.5. The van der Waals surface area contributed by atoms with Crippen LogP contribution in [0, 0.1) is 0 Å². The minimum absolute atomic E-state index is 0.0507. The van der Waals surface area contributed by atoms with E-state index in [0.717, 1.165) is 16.6 Å². The van der Waals surface area contributed by atoms with E-state index in [4.69, 9.17) is 4.84 Å². The van der Waals surface area contributed by atoms with E-state index in [-0.39, 0.29) is 6.61 Å². The van der Waals surface area contributed by atoms with E-state index in [1.54, 1.807) is 18.2 Å². The molecule has 2 nitrogen and oxygen atoms in total. The molecule has 0 saturated heterocycles. The van der Waals surface area contributed by atoms with Gasteiger partial charge in [0.05, 0.1) is 5.56 Å². The van der Waals surface area contributed by atoms with Crippen LogP contribution in [0.25, 0.3) is 0 Å². The molecule has 6 heteroatoms. The second kappa shape index (κ2) is 6.76. The van der Waals surface area contributed by atoms with Gasteiger partial charge in [0.15, 0.2) is 0 Å². The van der Waals surface area contributed by atoms with Crippen molar-refractivity contribution in [1.82, 2.24) is 0 Å². The fourth-order valence-electron chi connectivity index (χ4n) is 1.59. The minimum Gasteiger partial charge on any atom is -0.390 e. The largest absolute Gasteiger partial charge is 0.416 e. The molecule has 21 heavy (non-hydrogen) atoms. The Bertz CT molecular complexity index is 641. The predicted octanol–water partition coefficient (Wildman–Crippen LogP) is 4.90. The zero-order valence-corrected chi connectivity index (χ0v) is 12.3. The molecule has 0 atom stereocenters. The first-order chi connectivity index (χ1) is 9.95. The fourth-order valence-corrected chi connectivity index (χ4v) is 1.99. The van der Waals surface area contributed by atoms with Gasteiger partial charge in [-0.3, -0.25) is 0 Å². The Kier molecular flexibility index (Phi) is 5.01. The summed E-state index contributed by atoms with van der Waals surface area (Å²) in [7, 11) is 0. The van der Waals surface area contributed by atoms with Crippen LogP contribution in [0.3, 0.4) is 0 Å². The SMILES string of the molecule is FC(F)(F)c1cccc(CO/N=[C]\c2cccc(Br)c2)c1. The third kappa shape index (κ3) is 4.90. The number of hydrogen-bond donors (Lipinski definition) is 0. The van der Waals surface area contributed by atoms with Gasteiger partial charge in [0, 0.05) is 10.0 Å². The van der Waals surface area contributed by atoms with E-state index in [0.29, 0.717) is 11.1 Å². The Morgan fingerprint density at radius 3 is 2.57 bits per heavy atom. The molecule has 0 saturated carbocycles. The monoisotopic (exact) mass is 356 g/mol. The van der Waals surface area contributed by atoms with Crippen molar-refractivity contribution in [2.75, 3.05) is 0 Å². The lowest BCUT2D eigenvalue weighted by Gasteiger charge is -2.07. The van der Waals surface area contributed by atoms with Crippen LogP contribution in [-0.4, -0.2) is 6.21 Å². The molecule has 1 radical (unpaired) electrons. The van der Waals surface area contributed by atoms with Crippen LogP contribution in [-0.2, 0) is 17.6 Å². The molecule has 0 aliphatic rings. The second-order valence-corrected chi connectivity index (χ2v) is 5.10. The van der Waals surface area contributed by atoms with Crippen molar-refractivity contribution >= 4 is 22.1 Å². The standard InChI is InChI=1S/C15H10BrF3NO/c16-14-6-2-3-11(8-14)9-20-21-10-12-4-1-5-13(7-12)15(17,18)19/h1-8H,10H2. The number of alkyl halides is 3.